The molecule has 0 unspecified atom stereocenters. The molecule has 0 aliphatic heterocycles. The van der Waals surface area contributed by atoms with Crippen LogP contribution in [0.5, 0.6) is 0 Å². The lowest BCUT2D eigenvalue weighted by molar-refractivity contribution is 0.103. The second-order valence-corrected chi connectivity index (χ2v) is 3.89. The van der Waals surface area contributed by atoms with Crippen molar-refractivity contribution < 1.29 is 4.79 Å². The van der Waals surface area contributed by atoms with Crippen molar-refractivity contribution in [2.24, 2.45) is 0 Å². The number of carbonyl (C=O) groups excluding carboxylic acids is 1. The van der Waals surface area contributed by atoms with Crippen molar-refractivity contribution in [3.63, 3.8) is 0 Å². The first-order valence-corrected chi connectivity index (χ1v) is 5.20. The Hall–Kier alpha value is -1.96. The van der Waals surface area contributed by atoms with Crippen molar-refractivity contribution in [1.82, 2.24) is 4.98 Å². The van der Waals surface area contributed by atoms with Gasteiger partial charge in [0.15, 0.2) is 5.78 Å². The normalized spacial score (nSPS) is 10.1. The van der Waals surface area contributed by atoms with Crippen molar-refractivity contribution in [3.05, 3.63) is 65.0 Å². The summed E-state index contributed by atoms with van der Waals surface area (Å²) in [6, 6.07) is 9.46. The number of aromatic nitrogens is 1. The van der Waals surface area contributed by atoms with Gasteiger partial charge >= 0.3 is 0 Å². The molecule has 0 aliphatic rings. The SMILES string of the molecule is Cc1cccc(C(=O)c2cnccc2C)c1. The van der Waals surface area contributed by atoms with E-state index in [2.05, 4.69) is 4.98 Å². The average Bonchev–Trinajstić information content (AvgIpc) is 2.29. The number of carbonyl (C=O) groups is 1. The number of benzene rings is 1. The Balaban J connectivity index is 2.44. The van der Waals surface area contributed by atoms with Crippen LogP contribution in [0.3, 0.4) is 0 Å². The van der Waals surface area contributed by atoms with E-state index in [1.165, 1.54) is 0 Å². The first-order valence-electron chi connectivity index (χ1n) is 5.20. The van der Waals surface area contributed by atoms with Crippen LogP contribution in [0.2, 0.25) is 0 Å². The molecule has 0 amide bonds. The zero-order valence-electron chi connectivity index (χ0n) is 9.40. The van der Waals surface area contributed by atoms with E-state index in [4.69, 9.17) is 0 Å². The first-order chi connectivity index (χ1) is 7.68. The summed E-state index contributed by atoms with van der Waals surface area (Å²) in [5, 5.41) is 0. The summed E-state index contributed by atoms with van der Waals surface area (Å²) >= 11 is 0. The van der Waals surface area contributed by atoms with Crippen LogP contribution in [0.4, 0.5) is 0 Å². The van der Waals surface area contributed by atoms with Gasteiger partial charge in [-0.05, 0) is 31.5 Å². The number of pyridine rings is 1. The highest BCUT2D eigenvalue weighted by atomic mass is 16.1. The maximum Gasteiger partial charge on any atom is 0.194 e. The second-order valence-electron chi connectivity index (χ2n) is 3.89. The van der Waals surface area contributed by atoms with Crippen LogP contribution in [0, 0.1) is 13.8 Å². The van der Waals surface area contributed by atoms with Gasteiger partial charge in [0.2, 0.25) is 0 Å². The molecule has 0 N–H and O–H groups in total. The van der Waals surface area contributed by atoms with E-state index in [1.807, 2.05) is 44.2 Å². The molecule has 0 aliphatic carbocycles. The minimum Gasteiger partial charge on any atom is -0.289 e. The highest BCUT2D eigenvalue weighted by Gasteiger charge is 2.11. The van der Waals surface area contributed by atoms with Crippen molar-refractivity contribution in [1.29, 1.82) is 0 Å². The minimum atomic E-state index is 0.0364. The van der Waals surface area contributed by atoms with E-state index in [9.17, 15) is 4.79 Å². The third-order valence-electron chi connectivity index (χ3n) is 2.56. The lowest BCUT2D eigenvalue weighted by Crippen LogP contribution is -2.04. The molecule has 2 rings (SSSR count). The predicted molar refractivity (Wildman–Crippen MR) is 63.6 cm³/mol. The molecule has 0 spiro atoms. The van der Waals surface area contributed by atoms with Gasteiger partial charge in [-0.2, -0.15) is 0 Å². The summed E-state index contributed by atoms with van der Waals surface area (Å²) in [5.74, 6) is 0.0364. The molecule has 1 aromatic carbocycles. The first kappa shape index (κ1) is 10.6. The van der Waals surface area contributed by atoms with E-state index >= 15 is 0 Å². The molecule has 0 atom stereocenters. The standard InChI is InChI=1S/C14H13NO/c1-10-4-3-5-12(8-10)14(16)13-9-15-7-6-11(13)2/h3-9H,1-2H3. The summed E-state index contributed by atoms with van der Waals surface area (Å²) in [6.45, 7) is 3.90. The number of rotatable bonds is 2. The predicted octanol–water partition coefficient (Wildman–Crippen LogP) is 2.93. The largest absolute Gasteiger partial charge is 0.289 e. The highest BCUT2D eigenvalue weighted by Crippen LogP contribution is 2.13. The molecule has 0 fully saturated rings. The van der Waals surface area contributed by atoms with Crippen molar-refractivity contribution in [3.8, 4) is 0 Å². The zero-order chi connectivity index (χ0) is 11.5. The van der Waals surface area contributed by atoms with E-state index < -0.39 is 0 Å². The summed E-state index contributed by atoms with van der Waals surface area (Å²) in [5.41, 5.74) is 3.44. The Labute approximate surface area is 95.0 Å². The van der Waals surface area contributed by atoms with Gasteiger partial charge in [-0.3, -0.25) is 9.78 Å². The van der Waals surface area contributed by atoms with Gasteiger partial charge in [0.1, 0.15) is 0 Å². The number of hydrogen-bond acceptors (Lipinski definition) is 2. The molecular formula is C14H13NO. The van der Waals surface area contributed by atoms with Crippen molar-refractivity contribution >= 4 is 5.78 Å². The fourth-order valence-electron chi connectivity index (χ4n) is 1.64. The Morgan fingerprint density at radius 2 is 2.00 bits per heavy atom. The summed E-state index contributed by atoms with van der Waals surface area (Å²) < 4.78 is 0. The Bertz CT molecular complexity index is 532. The number of nitrogens with zero attached hydrogens (tertiary/aromatic N) is 1. The lowest BCUT2D eigenvalue weighted by Gasteiger charge is -2.04. The van der Waals surface area contributed by atoms with Gasteiger partial charge in [0.25, 0.3) is 0 Å². The third-order valence-corrected chi connectivity index (χ3v) is 2.56. The van der Waals surface area contributed by atoms with Crippen LogP contribution in [0.1, 0.15) is 27.0 Å². The van der Waals surface area contributed by atoms with Crippen LogP contribution in [-0.2, 0) is 0 Å². The molecule has 0 saturated heterocycles. The average molecular weight is 211 g/mol. The fourth-order valence-corrected chi connectivity index (χ4v) is 1.64. The molecule has 0 radical (unpaired) electrons. The molecule has 1 aromatic heterocycles. The van der Waals surface area contributed by atoms with Gasteiger partial charge in [-0.1, -0.05) is 23.8 Å². The second kappa shape index (κ2) is 4.27. The lowest BCUT2D eigenvalue weighted by atomic mass is 10.00. The molecule has 16 heavy (non-hydrogen) atoms. The van der Waals surface area contributed by atoms with E-state index in [0.717, 1.165) is 16.7 Å². The number of hydrogen-bond donors (Lipinski definition) is 0. The van der Waals surface area contributed by atoms with Gasteiger partial charge in [0, 0.05) is 23.5 Å². The highest BCUT2D eigenvalue weighted by molar-refractivity contribution is 6.09. The summed E-state index contributed by atoms with van der Waals surface area (Å²) in [4.78, 5) is 16.2. The minimum absolute atomic E-state index is 0.0364. The monoisotopic (exact) mass is 211 g/mol. The molecule has 1 heterocycles. The Kier molecular flexibility index (Phi) is 2.82. The van der Waals surface area contributed by atoms with Gasteiger partial charge in [-0.25, -0.2) is 0 Å². The maximum atomic E-state index is 12.2. The van der Waals surface area contributed by atoms with Crippen LogP contribution >= 0.6 is 0 Å². The van der Waals surface area contributed by atoms with Crippen molar-refractivity contribution in [2.75, 3.05) is 0 Å². The smallest absolute Gasteiger partial charge is 0.194 e. The quantitative estimate of drug-likeness (QED) is 0.715. The molecule has 0 bridgehead atoms. The van der Waals surface area contributed by atoms with Gasteiger partial charge < -0.3 is 0 Å². The number of aryl methyl sites for hydroxylation is 2. The van der Waals surface area contributed by atoms with E-state index in [1.54, 1.807) is 12.4 Å². The van der Waals surface area contributed by atoms with E-state index in [-0.39, 0.29) is 5.78 Å². The fraction of sp³-hybridized carbons (Fsp3) is 0.143. The van der Waals surface area contributed by atoms with Crippen LogP contribution in [-0.4, -0.2) is 10.8 Å². The molecule has 80 valence electrons. The Morgan fingerprint density at radius 1 is 1.19 bits per heavy atom. The summed E-state index contributed by atoms with van der Waals surface area (Å²) in [7, 11) is 0. The third kappa shape index (κ3) is 2.01. The summed E-state index contributed by atoms with van der Waals surface area (Å²) in [6.07, 6.45) is 3.32. The van der Waals surface area contributed by atoms with E-state index in [0.29, 0.717) is 5.56 Å². The molecule has 2 heteroatoms. The van der Waals surface area contributed by atoms with Gasteiger partial charge in [0.05, 0.1) is 0 Å². The molecule has 2 aromatic rings. The maximum absolute atomic E-state index is 12.2. The van der Waals surface area contributed by atoms with Gasteiger partial charge in [-0.15, -0.1) is 0 Å². The van der Waals surface area contributed by atoms with Crippen LogP contribution in [0.15, 0.2) is 42.7 Å². The molecule has 2 nitrogen and oxygen atoms in total. The van der Waals surface area contributed by atoms with Crippen LogP contribution in [0.25, 0.3) is 0 Å². The molecular weight excluding hydrogens is 198 g/mol. The zero-order valence-corrected chi connectivity index (χ0v) is 9.40. The van der Waals surface area contributed by atoms with Crippen LogP contribution < -0.4 is 0 Å². The van der Waals surface area contributed by atoms with Crippen molar-refractivity contribution in [2.45, 2.75) is 13.8 Å². The topological polar surface area (TPSA) is 30.0 Å². The Morgan fingerprint density at radius 3 is 2.69 bits per heavy atom. The molecule has 0 saturated carbocycles. The number of ketones is 1.